The van der Waals surface area contributed by atoms with E-state index in [0.29, 0.717) is 11.4 Å². The van der Waals surface area contributed by atoms with Gasteiger partial charge in [-0.15, -0.1) is 5.70 Å². The molecule has 2 nitrogen and oxygen atoms in total. The van der Waals surface area contributed by atoms with E-state index >= 15 is 0 Å². The van der Waals surface area contributed by atoms with Crippen LogP contribution < -0.4 is 0 Å². The summed E-state index contributed by atoms with van der Waals surface area (Å²) < 4.78 is 0. The normalized spacial score (nSPS) is 8.67. The fourth-order valence-corrected chi connectivity index (χ4v) is 0.164. The Kier molecular flexibility index (Phi) is 8.35. The summed E-state index contributed by atoms with van der Waals surface area (Å²) in [5, 5.41) is 7.14. The first kappa shape index (κ1) is 11.9. The SMILES string of the molecule is [CH-]=C(C)N=NC(=C)C.[Y]. The van der Waals surface area contributed by atoms with E-state index < -0.39 is 0 Å². The van der Waals surface area contributed by atoms with Crippen LogP contribution >= 0.6 is 0 Å². The van der Waals surface area contributed by atoms with E-state index in [1.165, 1.54) is 0 Å². The third kappa shape index (κ3) is 11.6. The number of hydrogen-bond acceptors (Lipinski definition) is 2. The first-order valence-electron chi connectivity index (χ1n) is 2.29. The van der Waals surface area contributed by atoms with Gasteiger partial charge in [-0.2, -0.15) is 10.2 Å². The summed E-state index contributed by atoms with van der Waals surface area (Å²) in [6.45, 7) is 12.1. The molecule has 0 atom stereocenters. The van der Waals surface area contributed by atoms with Crippen LogP contribution in [0.3, 0.4) is 0 Å². The maximum atomic E-state index is 5.16. The predicted octanol–water partition coefficient (Wildman–Crippen LogP) is 2.31. The van der Waals surface area contributed by atoms with Gasteiger partial charge in [0.1, 0.15) is 0 Å². The van der Waals surface area contributed by atoms with Crippen molar-refractivity contribution in [1.29, 1.82) is 0 Å². The van der Waals surface area contributed by atoms with Crippen molar-refractivity contribution in [2.24, 2.45) is 10.2 Å². The monoisotopic (exact) mass is 198 g/mol. The Morgan fingerprint density at radius 3 is 1.89 bits per heavy atom. The Hall–Kier alpha value is 0.184. The van der Waals surface area contributed by atoms with Crippen LogP contribution in [-0.4, -0.2) is 0 Å². The summed E-state index contributed by atoms with van der Waals surface area (Å²) >= 11 is 0. The van der Waals surface area contributed by atoms with Crippen molar-refractivity contribution in [2.45, 2.75) is 13.8 Å². The first-order chi connectivity index (χ1) is 3.63. The molecule has 0 bridgehead atoms. The van der Waals surface area contributed by atoms with Crippen LogP contribution in [0.1, 0.15) is 13.8 Å². The summed E-state index contributed by atoms with van der Waals surface area (Å²) in [7, 11) is 0. The Morgan fingerprint density at radius 2 is 1.78 bits per heavy atom. The maximum Gasteiger partial charge on any atom is 0.0526 e. The summed E-state index contributed by atoms with van der Waals surface area (Å²) in [4.78, 5) is 0. The minimum absolute atomic E-state index is 0. The molecular weight excluding hydrogens is 189 g/mol. The van der Waals surface area contributed by atoms with E-state index in [9.17, 15) is 0 Å². The van der Waals surface area contributed by atoms with Gasteiger partial charge in [0.05, 0.1) is 5.70 Å². The summed E-state index contributed by atoms with van der Waals surface area (Å²) in [6, 6.07) is 0. The summed E-state index contributed by atoms with van der Waals surface area (Å²) in [5.74, 6) is 0. The molecule has 0 amide bonds. The van der Waals surface area contributed by atoms with Crippen LogP contribution in [0.2, 0.25) is 0 Å². The quantitative estimate of drug-likeness (QED) is 0.480. The Morgan fingerprint density at radius 1 is 1.33 bits per heavy atom. The minimum Gasteiger partial charge on any atom is -0.489 e. The van der Waals surface area contributed by atoms with Crippen LogP contribution in [0.25, 0.3) is 0 Å². The standard InChI is InChI=1S/C6H9N2.Y/c1-5(2)7-8-6(3)4;/h1H,3H2,2,4H3;/q-1;. The third-order valence-electron chi connectivity index (χ3n) is 0.378. The second-order valence-corrected chi connectivity index (χ2v) is 1.58. The Bertz CT molecular complexity index is 122. The average Bonchev–Trinajstić information content (AvgIpc) is 1.61. The number of rotatable bonds is 2. The van der Waals surface area contributed by atoms with Gasteiger partial charge in [0.2, 0.25) is 0 Å². The van der Waals surface area contributed by atoms with Crippen molar-refractivity contribution in [3.05, 3.63) is 24.6 Å². The van der Waals surface area contributed by atoms with E-state index in [1.54, 1.807) is 13.8 Å². The Balaban J connectivity index is 0. The summed E-state index contributed by atoms with van der Waals surface area (Å²) in [6.07, 6.45) is 0. The molecule has 0 unspecified atom stereocenters. The van der Waals surface area contributed by atoms with Gasteiger partial charge in [0, 0.05) is 32.7 Å². The number of allylic oxidation sites excluding steroid dienone is 2. The predicted molar refractivity (Wildman–Crippen MR) is 33.2 cm³/mol. The van der Waals surface area contributed by atoms with Gasteiger partial charge < -0.3 is 6.58 Å². The molecule has 0 aromatic rings. The molecule has 0 aromatic heterocycles. The molecule has 1 radical (unpaired) electrons. The molecule has 9 heavy (non-hydrogen) atoms. The second-order valence-electron chi connectivity index (χ2n) is 1.58. The van der Waals surface area contributed by atoms with Gasteiger partial charge >= 0.3 is 0 Å². The fraction of sp³-hybridized carbons (Fsp3) is 0.333. The topological polar surface area (TPSA) is 24.7 Å². The van der Waals surface area contributed by atoms with E-state index in [-0.39, 0.29) is 32.7 Å². The number of hydrogen-bond donors (Lipinski definition) is 0. The van der Waals surface area contributed by atoms with Crippen molar-refractivity contribution >= 4 is 0 Å². The van der Waals surface area contributed by atoms with Gasteiger partial charge in [0.15, 0.2) is 0 Å². The molecule has 0 heterocycles. The first-order valence-corrected chi connectivity index (χ1v) is 2.29. The van der Waals surface area contributed by atoms with Gasteiger partial charge in [-0.3, -0.25) is 0 Å². The van der Waals surface area contributed by atoms with Gasteiger partial charge in [-0.1, -0.05) is 13.5 Å². The summed E-state index contributed by atoms with van der Waals surface area (Å²) in [5.41, 5.74) is 1.11. The van der Waals surface area contributed by atoms with Crippen LogP contribution in [-0.2, 0) is 32.7 Å². The van der Waals surface area contributed by atoms with Gasteiger partial charge in [-0.25, -0.2) is 0 Å². The average molecular weight is 198 g/mol. The molecule has 0 rings (SSSR count). The fourth-order valence-electron chi connectivity index (χ4n) is 0.164. The molecular formula is C6H9N2Y-. The van der Waals surface area contributed by atoms with E-state index in [0.717, 1.165) is 0 Å². The maximum absolute atomic E-state index is 5.16. The van der Waals surface area contributed by atoms with Crippen LogP contribution in [0, 0.1) is 6.58 Å². The number of azo groups is 1. The van der Waals surface area contributed by atoms with E-state index in [1.807, 2.05) is 0 Å². The molecule has 0 fully saturated rings. The van der Waals surface area contributed by atoms with Crippen molar-refractivity contribution in [3.63, 3.8) is 0 Å². The molecule has 47 valence electrons. The van der Waals surface area contributed by atoms with Crippen LogP contribution in [0.5, 0.6) is 0 Å². The Labute approximate surface area is 81.0 Å². The third-order valence-corrected chi connectivity index (χ3v) is 0.378. The van der Waals surface area contributed by atoms with Crippen molar-refractivity contribution in [3.8, 4) is 0 Å². The number of nitrogens with zero attached hydrogens (tertiary/aromatic N) is 2. The van der Waals surface area contributed by atoms with Crippen molar-refractivity contribution in [1.82, 2.24) is 0 Å². The van der Waals surface area contributed by atoms with Crippen molar-refractivity contribution < 1.29 is 32.7 Å². The molecule has 0 aliphatic heterocycles. The zero-order valence-electron chi connectivity index (χ0n) is 5.76. The molecule has 0 N–H and O–H groups in total. The molecule has 0 saturated heterocycles. The smallest absolute Gasteiger partial charge is 0.0526 e. The van der Waals surface area contributed by atoms with Crippen molar-refractivity contribution in [2.75, 3.05) is 0 Å². The second kappa shape index (κ2) is 6.31. The van der Waals surface area contributed by atoms with Gasteiger partial charge in [-0.05, 0) is 6.92 Å². The molecule has 0 spiro atoms. The largest absolute Gasteiger partial charge is 0.489 e. The minimum atomic E-state index is 0. The molecule has 0 saturated carbocycles. The zero-order valence-corrected chi connectivity index (χ0v) is 8.59. The van der Waals surface area contributed by atoms with Crippen LogP contribution in [0.15, 0.2) is 28.2 Å². The van der Waals surface area contributed by atoms with Crippen LogP contribution in [0.4, 0.5) is 0 Å². The van der Waals surface area contributed by atoms with E-state index in [4.69, 9.17) is 6.58 Å². The zero-order chi connectivity index (χ0) is 6.57. The van der Waals surface area contributed by atoms with E-state index in [2.05, 4.69) is 16.8 Å². The molecule has 0 aliphatic rings. The molecule has 3 heteroatoms. The molecule has 0 aromatic carbocycles. The van der Waals surface area contributed by atoms with Gasteiger partial charge in [0.25, 0.3) is 0 Å². The molecule has 0 aliphatic carbocycles.